The maximum atomic E-state index is 3.57. The van der Waals surface area contributed by atoms with E-state index in [1.807, 2.05) is 0 Å². The lowest BCUT2D eigenvalue weighted by Crippen LogP contribution is -2.36. The lowest BCUT2D eigenvalue weighted by molar-refractivity contribution is 0.276. The van der Waals surface area contributed by atoms with Gasteiger partial charge in [0.1, 0.15) is 0 Å². The molecule has 1 heterocycles. The van der Waals surface area contributed by atoms with Crippen molar-refractivity contribution >= 4 is 0 Å². The first-order valence-corrected chi connectivity index (χ1v) is 6.76. The quantitative estimate of drug-likeness (QED) is 0.749. The maximum absolute atomic E-state index is 3.57. The van der Waals surface area contributed by atoms with Gasteiger partial charge in [0.2, 0.25) is 0 Å². The molecule has 1 atom stereocenters. The highest BCUT2D eigenvalue weighted by Crippen LogP contribution is 2.27. The summed E-state index contributed by atoms with van der Waals surface area (Å²) in [6, 6.07) is 0.776. The largest absolute Gasteiger partial charge is 0.313 e. The zero-order valence-electron chi connectivity index (χ0n) is 10.2. The minimum Gasteiger partial charge on any atom is -0.313 e. The van der Waals surface area contributed by atoms with Crippen molar-refractivity contribution in [3.63, 3.8) is 0 Å². The van der Waals surface area contributed by atoms with E-state index in [9.17, 15) is 0 Å². The molecule has 1 aliphatic heterocycles. The second kappa shape index (κ2) is 5.86. The summed E-state index contributed by atoms with van der Waals surface area (Å²) in [5.74, 6) is 1.05. The highest BCUT2D eigenvalue weighted by molar-refractivity contribution is 4.77. The first-order valence-electron chi connectivity index (χ1n) is 6.76. The molecule has 0 aromatic carbocycles. The lowest BCUT2D eigenvalue weighted by Gasteiger charge is -2.22. The summed E-state index contributed by atoms with van der Waals surface area (Å²) in [4.78, 5) is 2.53. The van der Waals surface area contributed by atoms with Gasteiger partial charge in [-0.3, -0.25) is 0 Å². The third kappa shape index (κ3) is 3.76. The third-order valence-corrected chi connectivity index (χ3v) is 4.09. The Morgan fingerprint density at radius 1 is 1.13 bits per heavy atom. The molecule has 0 amide bonds. The van der Waals surface area contributed by atoms with Crippen molar-refractivity contribution in [2.75, 3.05) is 26.7 Å². The molecule has 0 spiro atoms. The molecule has 1 saturated carbocycles. The van der Waals surface area contributed by atoms with Gasteiger partial charge in [0, 0.05) is 12.6 Å². The number of rotatable bonds is 5. The van der Waals surface area contributed by atoms with Crippen LogP contribution in [0, 0.1) is 5.92 Å². The van der Waals surface area contributed by atoms with E-state index in [2.05, 4.69) is 17.3 Å². The van der Waals surface area contributed by atoms with Gasteiger partial charge in [-0.15, -0.1) is 0 Å². The fourth-order valence-electron chi connectivity index (χ4n) is 3.08. The summed E-state index contributed by atoms with van der Waals surface area (Å²) >= 11 is 0. The molecule has 1 unspecified atom stereocenters. The smallest absolute Gasteiger partial charge is 0.0195 e. The Labute approximate surface area is 94.4 Å². The van der Waals surface area contributed by atoms with Crippen molar-refractivity contribution in [3.05, 3.63) is 0 Å². The maximum Gasteiger partial charge on any atom is 0.0195 e. The van der Waals surface area contributed by atoms with E-state index >= 15 is 0 Å². The Balaban J connectivity index is 1.57. The van der Waals surface area contributed by atoms with Gasteiger partial charge in [0.05, 0.1) is 0 Å². The van der Waals surface area contributed by atoms with Crippen molar-refractivity contribution in [2.45, 2.75) is 51.0 Å². The molecule has 88 valence electrons. The fraction of sp³-hybridized carbons (Fsp3) is 1.00. The number of hydrogen-bond donors (Lipinski definition) is 1. The van der Waals surface area contributed by atoms with Crippen molar-refractivity contribution in [1.29, 1.82) is 0 Å². The van der Waals surface area contributed by atoms with E-state index in [-0.39, 0.29) is 0 Å². The Morgan fingerprint density at radius 2 is 1.93 bits per heavy atom. The number of hydrogen-bond acceptors (Lipinski definition) is 2. The highest BCUT2D eigenvalue weighted by Gasteiger charge is 2.18. The summed E-state index contributed by atoms with van der Waals surface area (Å²) in [7, 11) is 2.29. The lowest BCUT2D eigenvalue weighted by atomic mass is 10.0. The van der Waals surface area contributed by atoms with Gasteiger partial charge < -0.3 is 10.2 Å². The summed E-state index contributed by atoms with van der Waals surface area (Å²) in [5, 5.41) is 3.57. The molecule has 2 rings (SSSR count). The first kappa shape index (κ1) is 11.4. The zero-order valence-corrected chi connectivity index (χ0v) is 10.2. The van der Waals surface area contributed by atoms with Crippen LogP contribution in [0.5, 0.6) is 0 Å². The van der Waals surface area contributed by atoms with Gasteiger partial charge in [-0.05, 0) is 45.3 Å². The molecule has 0 aromatic heterocycles. The molecule has 1 aliphatic carbocycles. The van der Waals surface area contributed by atoms with Crippen LogP contribution in [0.3, 0.4) is 0 Å². The number of nitrogens with zero attached hydrogens (tertiary/aromatic N) is 1. The van der Waals surface area contributed by atoms with Gasteiger partial charge in [-0.1, -0.05) is 25.7 Å². The van der Waals surface area contributed by atoms with Gasteiger partial charge in [0.15, 0.2) is 0 Å². The monoisotopic (exact) mass is 210 g/mol. The normalized spacial score (nSPS) is 28.0. The molecule has 2 nitrogen and oxygen atoms in total. The van der Waals surface area contributed by atoms with Crippen LogP contribution in [-0.2, 0) is 0 Å². The Morgan fingerprint density at radius 3 is 2.60 bits per heavy atom. The van der Waals surface area contributed by atoms with E-state index < -0.39 is 0 Å². The van der Waals surface area contributed by atoms with Gasteiger partial charge in [-0.25, -0.2) is 0 Å². The first-order chi connectivity index (χ1) is 7.34. The Bertz CT molecular complexity index is 169. The second-order valence-corrected chi connectivity index (χ2v) is 5.49. The van der Waals surface area contributed by atoms with Crippen molar-refractivity contribution in [3.8, 4) is 0 Å². The van der Waals surface area contributed by atoms with Crippen LogP contribution in [0.25, 0.3) is 0 Å². The van der Waals surface area contributed by atoms with E-state index in [1.165, 1.54) is 64.6 Å². The molecule has 2 fully saturated rings. The Kier molecular flexibility index (Phi) is 4.45. The summed E-state index contributed by atoms with van der Waals surface area (Å²) in [6.45, 7) is 3.80. The standard InChI is InChI=1S/C13H26N2/c1-15(11-13-7-4-9-14-13)10-8-12-5-2-3-6-12/h12-14H,2-11H2,1H3. The average Bonchev–Trinajstić information content (AvgIpc) is 2.86. The molecule has 1 N–H and O–H groups in total. The summed E-state index contributed by atoms with van der Waals surface area (Å²) in [6.07, 6.45) is 10.2. The Hall–Kier alpha value is -0.0800. The predicted molar refractivity (Wildman–Crippen MR) is 65.1 cm³/mol. The fourth-order valence-corrected chi connectivity index (χ4v) is 3.08. The topological polar surface area (TPSA) is 15.3 Å². The molecule has 2 aliphatic rings. The van der Waals surface area contributed by atoms with Gasteiger partial charge >= 0.3 is 0 Å². The van der Waals surface area contributed by atoms with Crippen molar-refractivity contribution in [1.82, 2.24) is 10.2 Å². The minimum absolute atomic E-state index is 0.776. The number of likely N-dealkylation sites (N-methyl/N-ethyl adjacent to an activating group) is 1. The number of nitrogens with one attached hydrogen (secondary N) is 1. The van der Waals surface area contributed by atoms with E-state index in [1.54, 1.807) is 0 Å². The molecular formula is C13H26N2. The van der Waals surface area contributed by atoms with Crippen LogP contribution in [0.2, 0.25) is 0 Å². The third-order valence-electron chi connectivity index (χ3n) is 4.09. The van der Waals surface area contributed by atoms with Crippen molar-refractivity contribution < 1.29 is 0 Å². The van der Waals surface area contributed by atoms with Crippen LogP contribution in [0.4, 0.5) is 0 Å². The molecule has 0 radical (unpaired) electrons. The zero-order chi connectivity index (χ0) is 10.5. The average molecular weight is 210 g/mol. The highest BCUT2D eigenvalue weighted by atomic mass is 15.1. The predicted octanol–water partition coefficient (Wildman–Crippen LogP) is 2.25. The van der Waals surface area contributed by atoms with Gasteiger partial charge in [-0.2, -0.15) is 0 Å². The second-order valence-electron chi connectivity index (χ2n) is 5.49. The molecule has 15 heavy (non-hydrogen) atoms. The van der Waals surface area contributed by atoms with E-state index in [0.29, 0.717) is 0 Å². The van der Waals surface area contributed by atoms with E-state index in [4.69, 9.17) is 0 Å². The van der Waals surface area contributed by atoms with Crippen LogP contribution < -0.4 is 5.32 Å². The molecule has 2 heteroatoms. The van der Waals surface area contributed by atoms with Crippen LogP contribution >= 0.6 is 0 Å². The minimum atomic E-state index is 0.776. The molecule has 1 saturated heterocycles. The summed E-state index contributed by atoms with van der Waals surface area (Å²) in [5.41, 5.74) is 0. The van der Waals surface area contributed by atoms with Crippen LogP contribution in [0.1, 0.15) is 44.9 Å². The van der Waals surface area contributed by atoms with Gasteiger partial charge in [0.25, 0.3) is 0 Å². The molecular weight excluding hydrogens is 184 g/mol. The van der Waals surface area contributed by atoms with E-state index in [0.717, 1.165) is 12.0 Å². The molecule has 0 bridgehead atoms. The van der Waals surface area contributed by atoms with Crippen LogP contribution in [0.15, 0.2) is 0 Å². The van der Waals surface area contributed by atoms with Crippen molar-refractivity contribution in [2.24, 2.45) is 5.92 Å². The molecule has 0 aromatic rings. The van der Waals surface area contributed by atoms with Crippen LogP contribution in [-0.4, -0.2) is 37.6 Å². The summed E-state index contributed by atoms with van der Waals surface area (Å²) < 4.78 is 0. The SMILES string of the molecule is CN(CCC1CCCC1)CC1CCCN1.